The SMILES string of the molecule is CN=C(NCCCNC(=O)c1occc1C)NCCc1ccc(OC)cc1Cl. The first-order chi connectivity index (χ1) is 13.5. The number of nitrogens with zero attached hydrogens (tertiary/aromatic N) is 1. The number of guanidine groups is 1. The fourth-order valence-corrected chi connectivity index (χ4v) is 2.84. The average Bonchev–Trinajstić information content (AvgIpc) is 3.13. The number of benzene rings is 1. The second-order valence-electron chi connectivity index (χ2n) is 6.18. The Morgan fingerprint density at radius 3 is 2.57 bits per heavy atom. The minimum Gasteiger partial charge on any atom is -0.497 e. The smallest absolute Gasteiger partial charge is 0.287 e. The molecule has 2 rings (SSSR count). The van der Waals surface area contributed by atoms with E-state index in [1.165, 1.54) is 6.26 Å². The molecule has 1 aromatic carbocycles. The molecule has 0 spiro atoms. The molecule has 0 unspecified atom stereocenters. The third-order valence-corrected chi connectivity index (χ3v) is 4.52. The fraction of sp³-hybridized carbons (Fsp3) is 0.400. The molecule has 28 heavy (non-hydrogen) atoms. The number of hydrogen-bond donors (Lipinski definition) is 3. The van der Waals surface area contributed by atoms with Crippen LogP contribution < -0.4 is 20.7 Å². The van der Waals surface area contributed by atoms with Gasteiger partial charge in [-0.2, -0.15) is 0 Å². The minimum absolute atomic E-state index is 0.193. The number of carbonyl (C=O) groups is 1. The van der Waals surface area contributed by atoms with Crippen LogP contribution in [0, 0.1) is 6.92 Å². The molecular weight excluding hydrogens is 380 g/mol. The highest BCUT2D eigenvalue weighted by Crippen LogP contribution is 2.22. The van der Waals surface area contributed by atoms with Gasteiger partial charge in [-0.15, -0.1) is 0 Å². The van der Waals surface area contributed by atoms with E-state index in [1.54, 1.807) is 20.2 Å². The van der Waals surface area contributed by atoms with Crippen molar-refractivity contribution in [3.05, 3.63) is 52.4 Å². The van der Waals surface area contributed by atoms with Gasteiger partial charge in [-0.25, -0.2) is 0 Å². The van der Waals surface area contributed by atoms with Crippen LogP contribution in [0.1, 0.15) is 28.1 Å². The van der Waals surface area contributed by atoms with E-state index in [-0.39, 0.29) is 5.91 Å². The van der Waals surface area contributed by atoms with Gasteiger partial charge in [-0.05, 0) is 43.5 Å². The minimum atomic E-state index is -0.193. The van der Waals surface area contributed by atoms with Gasteiger partial charge in [0.1, 0.15) is 5.75 Å². The number of ether oxygens (including phenoxy) is 1. The van der Waals surface area contributed by atoms with Crippen molar-refractivity contribution in [2.24, 2.45) is 4.99 Å². The lowest BCUT2D eigenvalue weighted by atomic mass is 10.1. The Hall–Kier alpha value is -2.67. The second-order valence-corrected chi connectivity index (χ2v) is 6.58. The molecule has 0 aliphatic rings. The summed E-state index contributed by atoms with van der Waals surface area (Å²) in [6.07, 6.45) is 3.04. The molecule has 8 heteroatoms. The molecule has 1 amide bonds. The van der Waals surface area contributed by atoms with Gasteiger partial charge in [0.15, 0.2) is 11.7 Å². The predicted molar refractivity (Wildman–Crippen MR) is 111 cm³/mol. The van der Waals surface area contributed by atoms with Crippen LogP contribution in [0.25, 0.3) is 0 Å². The fourth-order valence-electron chi connectivity index (χ4n) is 2.58. The van der Waals surface area contributed by atoms with E-state index in [2.05, 4.69) is 20.9 Å². The van der Waals surface area contributed by atoms with Crippen LogP contribution in [-0.4, -0.2) is 45.7 Å². The second kappa shape index (κ2) is 11.2. The zero-order valence-corrected chi connectivity index (χ0v) is 17.2. The van der Waals surface area contributed by atoms with Crippen molar-refractivity contribution in [1.29, 1.82) is 0 Å². The summed E-state index contributed by atoms with van der Waals surface area (Å²) in [5.41, 5.74) is 1.87. The Balaban J connectivity index is 1.64. The van der Waals surface area contributed by atoms with Crippen molar-refractivity contribution in [2.75, 3.05) is 33.8 Å². The lowest BCUT2D eigenvalue weighted by Crippen LogP contribution is -2.39. The molecule has 152 valence electrons. The molecule has 2 aromatic rings. The van der Waals surface area contributed by atoms with Gasteiger partial charge in [-0.1, -0.05) is 17.7 Å². The molecule has 0 atom stereocenters. The summed E-state index contributed by atoms with van der Waals surface area (Å²) in [6.45, 7) is 3.76. The van der Waals surface area contributed by atoms with E-state index in [0.717, 1.165) is 29.7 Å². The van der Waals surface area contributed by atoms with Gasteiger partial charge < -0.3 is 25.1 Å². The number of hydrogen-bond acceptors (Lipinski definition) is 4. The molecule has 0 saturated carbocycles. The third kappa shape index (κ3) is 6.49. The zero-order chi connectivity index (χ0) is 20.4. The first-order valence-corrected chi connectivity index (χ1v) is 9.52. The molecule has 0 aliphatic heterocycles. The van der Waals surface area contributed by atoms with E-state index in [4.69, 9.17) is 20.8 Å². The third-order valence-electron chi connectivity index (χ3n) is 4.17. The zero-order valence-electron chi connectivity index (χ0n) is 16.5. The average molecular weight is 407 g/mol. The van der Waals surface area contributed by atoms with Crippen molar-refractivity contribution < 1.29 is 13.9 Å². The molecule has 0 bridgehead atoms. The van der Waals surface area contributed by atoms with Gasteiger partial charge >= 0.3 is 0 Å². The van der Waals surface area contributed by atoms with E-state index in [1.807, 2.05) is 25.1 Å². The van der Waals surface area contributed by atoms with E-state index in [0.29, 0.717) is 36.4 Å². The number of furan rings is 1. The Kier molecular flexibility index (Phi) is 8.68. The van der Waals surface area contributed by atoms with Crippen molar-refractivity contribution in [1.82, 2.24) is 16.0 Å². The highest BCUT2D eigenvalue weighted by atomic mass is 35.5. The van der Waals surface area contributed by atoms with Crippen molar-refractivity contribution >= 4 is 23.5 Å². The lowest BCUT2D eigenvalue weighted by Gasteiger charge is -2.13. The van der Waals surface area contributed by atoms with Gasteiger partial charge in [0.25, 0.3) is 5.91 Å². The number of carbonyl (C=O) groups excluding carboxylic acids is 1. The van der Waals surface area contributed by atoms with Crippen LogP contribution in [-0.2, 0) is 6.42 Å². The summed E-state index contributed by atoms with van der Waals surface area (Å²) in [7, 11) is 3.34. The first-order valence-electron chi connectivity index (χ1n) is 9.14. The van der Waals surface area contributed by atoms with Crippen LogP contribution in [0.15, 0.2) is 39.9 Å². The molecule has 1 heterocycles. The molecule has 0 aliphatic carbocycles. The van der Waals surface area contributed by atoms with Crippen LogP contribution in [0.3, 0.4) is 0 Å². The maximum Gasteiger partial charge on any atom is 0.287 e. The molecule has 0 fully saturated rings. The summed E-state index contributed by atoms with van der Waals surface area (Å²) in [5, 5.41) is 10.00. The summed E-state index contributed by atoms with van der Waals surface area (Å²) in [5.74, 6) is 1.62. The van der Waals surface area contributed by atoms with E-state index < -0.39 is 0 Å². The van der Waals surface area contributed by atoms with Crippen molar-refractivity contribution in [2.45, 2.75) is 19.8 Å². The number of methoxy groups -OCH3 is 1. The molecule has 1 aromatic heterocycles. The Morgan fingerprint density at radius 2 is 1.93 bits per heavy atom. The Labute approximate surface area is 170 Å². The highest BCUT2D eigenvalue weighted by molar-refractivity contribution is 6.31. The van der Waals surface area contributed by atoms with E-state index in [9.17, 15) is 4.79 Å². The standard InChI is InChI=1S/C20H27ClN4O3/c1-14-8-12-28-18(14)19(26)23-9-4-10-24-20(22-2)25-11-7-15-5-6-16(27-3)13-17(15)21/h5-6,8,12-13H,4,7,9-11H2,1-3H3,(H,23,26)(H2,22,24,25). The molecule has 0 radical (unpaired) electrons. The number of rotatable bonds is 9. The number of aliphatic imine (C=N–C) groups is 1. The first kappa shape index (κ1) is 21.6. The van der Waals surface area contributed by atoms with Crippen LogP contribution in [0.2, 0.25) is 5.02 Å². The largest absolute Gasteiger partial charge is 0.497 e. The molecule has 7 nitrogen and oxygen atoms in total. The Morgan fingerprint density at radius 1 is 1.18 bits per heavy atom. The van der Waals surface area contributed by atoms with E-state index >= 15 is 0 Å². The number of amides is 1. The number of nitrogens with one attached hydrogen (secondary N) is 3. The van der Waals surface area contributed by atoms with Gasteiger partial charge in [0.2, 0.25) is 0 Å². The normalized spacial score (nSPS) is 11.2. The van der Waals surface area contributed by atoms with Gasteiger partial charge in [0.05, 0.1) is 13.4 Å². The number of aryl methyl sites for hydroxylation is 1. The summed E-state index contributed by atoms with van der Waals surface area (Å²) in [4.78, 5) is 16.1. The van der Waals surface area contributed by atoms with Crippen molar-refractivity contribution in [3.8, 4) is 5.75 Å². The topological polar surface area (TPSA) is 87.9 Å². The quantitative estimate of drug-likeness (QED) is 0.338. The van der Waals surface area contributed by atoms with Crippen LogP contribution in [0.5, 0.6) is 5.75 Å². The molecule has 3 N–H and O–H groups in total. The Bertz CT molecular complexity index is 804. The summed E-state index contributed by atoms with van der Waals surface area (Å²) < 4.78 is 10.3. The lowest BCUT2D eigenvalue weighted by molar-refractivity contribution is 0.0925. The molecular formula is C20H27ClN4O3. The van der Waals surface area contributed by atoms with Crippen molar-refractivity contribution in [3.63, 3.8) is 0 Å². The maximum atomic E-state index is 11.9. The summed E-state index contributed by atoms with van der Waals surface area (Å²) >= 11 is 6.25. The van der Waals surface area contributed by atoms with Gasteiger partial charge in [-0.3, -0.25) is 9.79 Å². The maximum absolute atomic E-state index is 11.9. The summed E-state index contributed by atoms with van der Waals surface area (Å²) in [6, 6.07) is 7.43. The highest BCUT2D eigenvalue weighted by Gasteiger charge is 2.11. The number of halogens is 1. The van der Waals surface area contributed by atoms with Crippen LogP contribution >= 0.6 is 11.6 Å². The predicted octanol–water partition coefficient (Wildman–Crippen LogP) is 2.78. The monoisotopic (exact) mass is 406 g/mol. The molecule has 0 saturated heterocycles. The van der Waals surface area contributed by atoms with Crippen LogP contribution in [0.4, 0.5) is 0 Å². The van der Waals surface area contributed by atoms with Gasteiger partial charge in [0, 0.05) is 37.3 Å².